The van der Waals surface area contributed by atoms with Gasteiger partial charge in [-0.15, -0.1) is 0 Å². The van der Waals surface area contributed by atoms with E-state index in [0.29, 0.717) is 11.8 Å². The molecule has 0 aliphatic carbocycles. The van der Waals surface area contributed by atoms with E-state index < -0.39 is 58.5 Å². The van der Waals surface area contributed by atoms with Crippen LogP contribution in [0.1, 0.15) is 27.7 Å². The van der Waals surface area contributed by atoms with Crippen molar-refractivity contribution in [1.29, 1.82) is 0 Å². The Morgan fingerprint density at radius 3 is 2.28 bits per heavy atom. The molecule has 2 amide bonds. The van der Waals surface area contributed by atoms with Crippen LogP contribution < -0.4 is 10.6 Å². The third-order valence-electron chi connectivity index (χ3n) is 4.18. The lowest BCUT2D eigenvalue weighted by molar-refractivity contribution is -0.140. The van der Waals surface area contributed by atoms with Crippen LogP contribution in [0.4, 0.5) is 0 Å². The van der Waals surface area contributed by atoms with E-state index in [-0.39, 0.29) is 5.75 Å². The number of carbonyl (C=O) groups excluding carboxylic acids is 3. The summed E-state index contributed by atoms with van der Waals surface area (Å²) in [5, 5.41) is 33.8. The van der Waals surface area contributed by atoms with Crippen molar-refractivity contribution >= 4 is 34.7 Å². The number of carbonyl (C=O) groups is 4. The fraction of sp³-hybridized carbons (Fsp3) is 0.733. The minimum atomic E-state index is -1.92. The number of aliphatic hydroxyl groups is 2. The predicted octanol–water partition coefficient (Wildman–Crippen LogP) is -1.28. The Hall–Kier alpha value is -1.65. The Bertz CT molecular complexity index is 568. The molecule has 1 unspecified atom stereocenters. The molecule has 0 aromatic heterocycles. The molecular formula is C15H24N2O7S. The van der Waals surface area contributed by atoms with Gasteiger partial charge in [-0.05, 0) is 5.92 Å². The van der Waals surface area contributed by atoms with Gasteiger partial charge in [0.05, 0.1) is 18.1 Å². The van der Waals surface area contributed by atoms with Crippen molar-refractivity contribution in [2.24, 2.45) is 11.8 Å². The first kappa shape index (κ1) is 21.4. The first-order valence-electron chi connectivity index (χ1n) is 7.80. The molecule has 1 rings (SSSR count). The molecule has 142 valence electrons. The molecule has 1 aliphatic heterocycles. The zero-order valence-electron chi connectivity index (χ0n) is 14.5. The molecule has 0 aromatic carbocycles. The molecular weight excluding hydrogens is 352 g/mol. The van der Waals surface area contributed by atoms with Crippen molar-refractivity contribution in [1.82, 2.24) is 10.6 Å². The lowest BCUT2D eigenvalue weighted by atomic mass is 9.81. The summed E-state index contributed by atoms with van der Waals surface area (Å²) < 4.78 is 0. The molecule has 1 fully saturated rings. The second-order valence-electron chi connectivity index (χ2n) is 6.47. The number of carboxylic acids is 1. The number of carboxylic acid groups (broad SMARTS) is 1. The van der Waals surface area contributed by atoms with Gasteiger partial charge in [0.2, 0.25) is 16.9 Å². The molecule has 0 saturated carbocycles. The summed E-state index contributed by atoms with van der Waals surface area (Å²) in [5.41, 5.74) is -1.92. The van der Waals surface area contributed by atoms with E-state index in [2.05, 4.69) is 10.6 Å². The van der Waals surface area contributed by atoms with Crippen LogP contribution in [0.15, 0.2) is 0 Å². The lowest BCUT2D eigenvalue weighted by Crippen LogP contribution is -2.64. The van der Waals surface area contributed by atoms with Gasteiger partial charge in [-0.2, -0.15) is 0 Å². The molecule has 0 spiro atoms. The highest BCUT2D eigenvalue weighted by Gasteiger charge is 2.60. The number of aliphatic carboxylic acids is 1. The average Bonchev–Trinajstić information content (AvgIpc) is 2.74. The van der Waals surface area contributed by atoms with E-state index in [0.717, 1.165) is 6.92 Å². The highest BCUT2D eigenvalue weighted by atomic mass is 32.2. The van der Waals surface area contributed by atoms with Crippen LogP contribution in [0.2, 0.25) is 0 Å². The molecule has 1 heterocycles. The van der Waals surface area contributed by atoms with Gasteiger partial charge in [0.15, 0.2) is 5.54 Å². The fourth-order valence-corrected chi connectivity index (χ4v) is 3.77. The summed E-state index contributed by atoms with van der Waals surface area (Å²) in [6.45, 7) is 5.84. The predicted molar refractivity (Wildman–Crippen MR) is 89.6 cm³/mol. The Labute approximate surface area is 149 Å². The number of hydrogen-bond acceptors (Lipinski definition) is 7. The van der Waals surface area contributed by atoms with Crippen molar-refractivity contribution in [3.63, 3.8) is 0 Å². The van der Waals surface area contributed by atoms with Crippen LogP contribution in [0.3, 0.4) is 0 Å². The van der Waals surface area contributed by atoms with Crippen LogP contribution >= 0.6 is 11.8 Å². The summed E-state index contributed by atoms with van der Waals surface area (Å²) in [7, 11) is 0. The molecule has 9 nitrogen and oxygen atoms in total. The van der Waals surface area contributed by atoms with E-state index in [1.54, 1.807) is 13.8 Å². The molecule has 5 atom stereocenters. The molecule has 1 saturated heterocycles. The highest BCUT2D eigenvalue weighted by molar-refractivity contribution is 8.13. The summed E-state index contributed by atoms with van der Waals surface area (Å²) in [6.07, 6.45) is -2.82. The van der Waals surface area contributed by atoms with Crippen molar-refractivity contribution in [2.45, 2.75) is 51.5 Å². The Balaban J connectivity index is 3.04. The third-order valence-corrected chi connectivity index (χ3v) is 5.28. The SMILES string of the molecule is CC(=O)N[C@@H](CSC(=O)[C@]1(C(O)C(C)C)NC(=O)[C@H](C)[C@@H]1O)C(=O)O. The highest BCUT2D eigenvalue weighted by Crippen LogP contribution is 2.36. The number of thioether (sulfide) groups is 1. The van der Waals surface area contributed by atoms with Crippen LogP contribution in [0.25, 0.3) is 0 Å². The first-order chi connectivity index (χ1) is 11.4. The van der Waals surface area contributed by atoms with E-state index in [4.69, 9.17) is 5.11 Å². The van der Waals surface area contributed by atoms with E-state index in [9.17, 15) is 29.4 Å². The first-order valence-corrected chi connectivity index (χ1v) is 8.79. The fourth-order valence-electron chi connectivity index (χ4n) is 2.70. The molecule has 0 radical (unpaired) electrons. The van der Waals surface area contributed by atoms with E-state index in [1.807, 2.05) is 0 Å². The average molecular weight is 376 g/mol. The number of nitrogens with one attached hydrogen (secondary N) is 2. The van der Waals surface area contributed by atoms with Crippen LogP contribution in [-0.2, 0) is 19.2 Å². The van der Waals surface area contributed by atoms with Gasteiger partial charge in [0.25, 0.3) is 0 Å². The van der Waals surface area contributed by atoms with Crippen molar-refractivity contribution in [3.8, 4) is 0 Å². The summed E-state index contributed by atoms with van der Waals surface area (Å²) in [6, 6.07) is -1.31. The minimum Gasteiger partial charge on any atom is -0.480 e. The Morgan fingerprint density at radius 1 is 1.36 bits per heavy atom. The van der Waals surface area contributed by atoms with Crippen LogP contribution in [-0.4, -0.2) is 67.8 Å². The zero-order chi connectivity index (χ0) is 19.5. The van der Waals surface area contributed by atoms with Gasteiger partial charge in [-0.25, -0.2) is 4.79 Å². The maximum atomic E-state index is 12.8. The second kappa shape index (κ2) is 8.15. The van der Waals surface area contributed by atoms with E-state index >= 15 is 0 Å². The van der Waals surface area contributed by atoms with Crippen molar-refractivity contribution < 1.29 is 34.5 Å². The normalized spacial score (nSPS) is 28.4. The molecule has 25 heavy (non-hydrogen) atoms. The van der Waals surface area contributed by atoms with Crippen molar-refractivity contribution in [2.75, 3.05) is 5.75 Å². The Kier molecular flexibility index (Phi) is 6.98. The van der Waals surface area contributed by atoms with Gasteiger partial charge in [-0.1, -0.05) is 32.5 Å². The molecule has 0 aromatic rings. The molecule has 1 aliphatic rings. The summed E-state index contributed by atoms with van der Waals surface area (Å²) >= 11 is 0.535. The molecule has 10 heteroatoms. The van der Waals surface area contributed by atoms with Crippen LogP contribution in [0.5, 0.6) is 0 Å². The summed E-state index contributed by atoms with van der Waals surface area (Å²) in [4.78, 5) is 46.9. The Morgan fingerprint density at radius 2 is 1.92 bits per heavy atom. The monoisotopic (exact) mass is 376 g/mol. The van der Waals surface area contributed by atoms with Gasteiger partial charge < -0.3 is 26.0 Å². The molecule has 0 bridgehead atoms. The van der Waals surface area contributed by atoms with Gasteiger partial charge >= 0.3 is 5.97 Å². The van der Waals surface area contributed by atoms with Gasteiger partial charge in [0, 0.05) is 12.7 Å². The minimum absolute atomic E-state index is 0.308. The molecule has 5 N–H and O–H groups in total. The number of rotatable bonds is 7. The zero-order valence-corrected chi connectivity index (χ0v) is 15.3. The smallest absolute Gasteiger partial charge is 0.327 e. The van der Waals surface area contributed by atoms with E-state index in [1.165, 1.54) is 6.92 Å². The topological polar surface area (TPSA) is 153 Å². The maximum Gasteiger partial charge on any atom is 0.327 e. The second-order valence-corrected chi connectivity index (χ2v) is 7.46. The third kappa shape index (κ3) is 4.31. The maximum absolute atomic E-state index is 12.8. The van der Waals surface area contributed by atoms with Gasteiger partial charge in [0.1, 0.15) is 6.04 Å². The number of hydrogen-bond donors (Lipinski definition) is 5. The van der Waals surface area contributed by atoms with Crippen LogP contribution in [0, 0.1) is 11.8 Å². The largest absolute Gasteiger partial charge is 0.480 e. The quantitative estimate of drug-likeness (QED) is 0.368. The lowest BCUT2D eigenvalue weighted by Gasteiger charge is -2.37. The van der Waals surface area contributed by atoms with Crippen molar-refractivity contribution in [3.05, 3.63) is 0 Å². The van der Waals surface area contributed by atoms with Gasteiger partial charge in [-0.3, -0.25) is 14.4 Å². The standard InChI is InChI=1S/C15H24N2O7S/c1-6(2)10(19)15(11(20)7(3)12(21)17-15)14(24)25-5-9(13(22)23)16-8(4)18/h6-7,9-11,19-20H,5H2,1-4H3,(H,16,18)(H,17,21)(H,22,23)/t7-,9+,10?,11+,15-/m1/s1. The number of amides is 2. The summed E-state index contributed by atoms with van der Waals surface area (Å²) in [5.74, 6) is -4.12. The number of aliphatic hydroxyl groups excluding tert-OH is 2.